The second-order valence-corrected chi connectivity index (χ2v) is 9.01. The molecule has 5 nitrogen and oxygen atoms in total. The zero-order valence-electron chi connectivity index (χ0n) is 16.7. The first kappa shape index (κ1) is 20.1. The van der Waals surface area contributed by atoms with E-state index in [1.807, 2.05) is 36.7 Å². The number of benzene rings is 1. The summed E-state index contributed by atoms with van der Waals surface area (Å²) >= 11 is 8.01. The number of hydrogen-bond donors (Lipinski definition) is 1. The van der Waals surface area contributed by atoms with Gasteiger partial charge in [0.25, 0.3) is 5.91 Å². The number of halogens is 1. The number of aryl methyl sites for hydroxylation is 3. The number of carbonyl (C=O) groups is 1. The molecule has 2 heterocycles. The molecule has 7 heteroatoms. The molecule has 2 aromatic heterocycles. The minimum absolute atomic E-state index is 0.0403. The Kier molecular flexibility index (Phi) is 6.01. The van der Waals surface area contributed by atoms with Crippen molar-refractivity contribution in [2.24, 2.45) is 0 Å². The Morgan fingerprint density at radius 3 is 2.83 bits per heavy atom. The predicted octanol–water partition coefficient (Wildman–Crippen LogP) is 5.23. The molecule has 0 unspecified atom stereocenters. The van der Waals surface area contributed by atoms with E-state index in [-0.39, 0.29) is 5.91 Å². The molecular weight excluding hydrogens is 404 g/mol. The van der Waals surface area contributed by atoms with Gasteiger partial charge < -0.3 is 5.32 Å². The smallest absolute Gasteiger partial charge is 0.254 e. The molecule has 3 aromatic rings. The van der Waals surface area contributed by atoms with Crippen LogP contribution < -0.4 is 5.32 Å². The predicted molar refractivity (Wildman–Crippen MR) is 117 cm³/mol. The van der Waals surface area contributed by atoms with Crippen molar-refractivity contribution in [2.75, 3.05) is 6.54 Å². The molecule has 1 amide bonds. The largest absolute Gasteiger partial charge is 0.352 e. The SMILES string of the molecule is Cc1csc(CCCCNC(=O)c2cnn(-c3ccc(C)c(Cl)c3)c2C2CC2)n1. The van der Waals surface area contributed by atoms with Crippen molar-refractivity contribution in [1.82, 2.24) is 20.1 Å². The summed E-state index contributed by atoms with van der Waals surface area (Å²) in [5, 5.41) is 11.5. The molecule has 0 atom stereocenters. The summed E-state index contributed by atoms with van der Waals surface area (Å²) in [7, 11) is 0. The number of amides is 1. The summed E-state index contributed by atoms with van der Waals surface area (Å²) in [4.78, 5) is 17.3. The minimum Gasteiger partial charge on any atom is -0.352 e. The van der Waals surface area contributed by atoms with Crippen LogP contribution in [0.25, 0.3) is 5.69 Å². The van der Waals surface area contributed by atoms with Gasteiger partial charge in [-0.05, 0) is 63.6 Å². The van der Waals surface area contributed by atoms with Crippen LogP contribution in [0.2, 0.25) is 5.02 Å². The zero-order valence-corrected chi connectivity index (χ0v) is 18.3. The Bertz CT molecular complexity index is 1020. The summed E-state index contributed by atoms with van der Waals surface area (Å²) in [5.74, 6) is 0.355. The second kappa shape index (κ2) is 8.67. The van der Waals surface area contributed by atoms with Crippen molar-refractivity contribution in [3.63, 3.8) is 0 Å². The van der Waals surface area contributed by atoms with Gasteiger partial charge >= 0.3 is 0 Å². The first-order valence-corrected chi connectivity index (χ1v) is 11.3. The minimum atomic E-state index is -0.0403. The molecule has 1 aromatic carbocycles. The highest BCUT2D eigenvalue weighted by molar-refractivity contribution is 7.09. The lowest BCUT2D eigenvalue weighted by Gasteiger charge is -2.10. The van der Waals surface area contributed by atoms with Crippen LogP contribution in [-0.2, 0) is 6.42 Å². The van der Waals surface area contributed by atoms with Gasteiger partial charge in [0.05, 0.1) is 28.1 Å². The van der Waals surface area contributed by atoms with Gasteiger partial charge in [-0.1, -0.05) is 17.7 Å². The van der Waals surface area contributed by atoms with Crippen LogP contribution >= 0.6 is 22.9 Å². The summed E-state index contributed by atoms with van der Waals surface area (Å²) < 4.78 is 1.88. The number of nitrogens with one attached hydrogen (secondary N) is 1. The zero-order chi connectivity index (χ0) is 20.4. The molecule has 0 aliphatic heterocycles. The fraction of sp³-hybridized carbons (Fsp3) is 0.409. The number of thiazole rings is 1. The summed E-state index contributed by atoms with van der Waals surface area (Å²) in [6.45, 7) is 4.66. The van der Waals surface area contributed by atoms with E-state index in [2.05, 4.69) is 20.8 Å². The van der Waals surface area contributed by atoms with E-state index in [4.69, 9.17) is 11.6 Å². The van der Waals surface area contributed by atoms with Gasteiger partial charge in [-0.25, -0.2) is 9.67 Å². The number of nitrogens with zero attached hydrogens (tertiary/aromatic N) is 3. The average Bonchev–Trinajstić information content (AvgIpc) is 3.30. The number of hydrogen-bond acceptors (Lipinski definition) is 4. The van der Waals surface area contributed by atoms with Gasteiger partial charge in [-0.2, -0.15) is 5.10 Å². The molecule has 0 radical (unpaired) electrons. The normalized spacial score (nSPS) is 13.6. The summed E-state index contributed by atoms with van der Waals surface area (Å²) in [5.41, 5.74) is 4.69. The molecule has 0 bridgehead atoms. The van der Waals surface area contributed by atoms with Crippen molar-refractivity contribution in [3.05, 3.63) is 62.3 Å². The number of rotatable bonds is 8. The molecule has 1 N–H and O–H groups in total. The van der Waals surface area contributed by atoms with Gasteiger partial charge in [0.2, 0.25) is 0 Å². The third-order valence-corrected chi connectivity index (χ3v) is 6.62. The number of aromatic nitrogens is 3. The summed E-state index contributed by atoms with van der Waals surface area (Å²) in [6.07, 6.45) is 6.80. The molecular formula is C22H25ClN4OS. The third-order valence-electron chi connectivity index (χ3n) is 5.18. The van der Waals surface area contributed by atoms with E-state index >= 15 is 0 Å². The van der Waals surface area contributed by atoms with Crippen molar-refractivity contribution >= 4 is 28.8 Å². The molecule has 29 heavy (non-hydrogen) atoms. The maximum absolute atomic E-state index is 12.8. The van der Waals surface area contributed by atoms with Crippen molar-refractivity contribution in [3.8, 4) is 5.69 Å². The fourth-order valence-corrected chi connectivity index (χ4v) is 4.41. The topological polar surface area (TPSA) is 59.8 Å². The Morgan fingerprint density at radius 1 is 1.31 bits per heavy atom. The molecule has 4 rings (SSSR count). The average molecular weight is 429 g/mol. The van der Waals surface area contributed by atoms with E-state index in [9.17, 15) is 4.79 Å². The number of carbonyl (C=O) groups excluding carboxylic acids is 1. The molecule has 1 aliphatic rings. The van der Waals surface area contributed by atoms with Crippen LogP contribution in [0.5, 0.6) is 0 Å². The maximum Gasteiger partial charge on any atom is 0.254 e. The van der Waals surface area contributed by atoms with Crippen LogP contribution in [0, 0.1) is 13.8 Å². The maximum atomic E-state index is 12.8. The van der Waals surface area contributed by atoms with E-state index in [0.29, 0.717) is 23.0 Å². The fourth-order valence-electron chi connectivity index (χ4n) is 3.42. The van der Waals surface area contributed by atoms with Crippen LogP contribution in [-0.4, -0.2) is 27.2 Å². The van der Waals surface area contributed by atoms with Crippen molar-refractivity contribution in [1.29, 1.82) is 0 Å². The quantitative estimate of drug-likeness (QED) is 0.500. The van der Waals surface area contributed by atoms with E-state index in [1.54, 1.807) is 17.5 Å². The van der Waals surface area contributed by atoms with Crippen LogP contribution in [0.15, 0.2) is 29.8 Å². The van der Waals surface area contributed by atoms with Crippen molar-refractivity contribution in [2.45, 2.75) is 51.9 Å². The highest BCUT2D eigenvalue weighted by atomic mass is 35.5. The van der Waals surface area contributed by atoms with Gasteiger partial charge in [0, 0.05) is 28.6 Å². The second-order valence-electron chi connectivity index (χ2n) is 7.66. The Morgan fingerprint density at radius 2 is 2.14 bits per heavy atom. The lowest BCUT2D eigenvalue weighted by molar-refractivity contribution is 0.0952. The van der Waals surface area contributed by atoms with Crippen LogP contribution in [0.3, 0.4) is 0 Å². The van der Waals surface area contributed by atoms with Gasteiger partial charge in [-0.15, -0.1) is 11.3 Å². The van der Waals surface area contributed by atoms with Crippen LogP contribution in [0.1, 0.15) is 63.9 Å². The monoisotopic (exact) mass is 428 g/mol. The van der Waals surface area contributed by atoms with Gasteiger partial charge in [0.1, 0.15) is 0 Å². The van der Waals surface area contributed by atoms with E-state index in [0.717, 1.165) is 54.7 Å². The first-order chi connectivity index (χ1) is 14.0. The van der Waals surface area contributed by atoms with Gasteiger partial charge in [-0.3, -0.25) is 4.79 Å². The molecule has 1 aliphatic carbocycles. The van der Waals surface area contributed by atoms with Gasteiger partial charge in [0.15, 0.2) is 0 Å². The van der Waals surface area contributed by atoms with E-state index in [1.165, 1.54) is 5.01 Å². The molecule has 1 fully saturated rings. The van der Waals surface area contributed by atoms with E-state index < -0.39 is 0 Å². The Balaban J connectivity index is 1.39. The summed E-state index contributed by atoms with van der Waals surface area (Å²) in [6, 6.07) is 5.90. The molecule has 0 spiro atoms. The molecule has 152 valence electrons. The highest BCUT2D eigenvalue weighted by Crippen LogP contribution is 2.42. The van der Waals surface area contributed by atoms with Crippen LogP contribution in [0.4, 0.5) is 0 Å². The number of unbranched alkanes of at least 4 members (excludes halogenated alkanes) is 1. The first-order valence-electron chi connectivity index (χ1n) is 10.1. The highest BCUT2D eigenvalue weighted by Gasteiger charge is 2.32. The lowest BCUT2D eigenvalue weighted by Crippen LogP contribution is -2.25. The standard InChI is InChI=1S/C22H25ClN4OS/c1-14-6-9-17(11-19(14)23)27-21(16-7-8-16)18(12-25-27)22(28)24-10-4-3-5-20-26-15(2)13-29-20/h6,9,11-13,16H,3-5,7-8,10H2,1-2H3,(H,24,28). The Labute approximate surface area is 180 Å². The molecule has 0 saturated heterocycles. The van der Waals surface area contributed by atoms with Crippen molar-refractivity contribution < 1.29 is 4.79 Å². The Hall–Kier alpha value is -2.18. The molecule has 1 saturated carbocycles. The lowest BCUT2D eigenvalue weighted by atomic mass is 10.1. The third kappa shape index (κ3) is 4.70.